The van der Waals surface area contributed by atoms with Gasteiger partial charge in [0, 0.05) is 6.07 Å². The Bertz CT molecular complexity index is 362. The van der Waals surface area contributed by atoms with Gasteiger partial charge in [-0.1, -0.05) is 11.6 Å². The first kappa shape index (κ1) is 10.2. The molecule has 0 spiro atoms. The van der Waals surface area contributed by atoms with Gasteiger partial charge in [0.2, 0.25) is 0 Å². The summed E-state index contributed by atoms with van der Waals surface area (Å²) in [7, 11) is 0. The number of ether oxygens (including phenoxy) is 1. The smallest absolute Gasteiger partial charge is 0.293 e. The molecule has 1 rings (SSSR count). The molecule has 0 fully saturated rings. The molecular formula is C9H9NO4. The molecule has 0 saturated carbocycles. The van der Waals surface area contributed by atoms with E-state index in [2.05, 4.69) is 4.74 Å². The minimum atomic E-state index is -0.497. The Morgan fingerprint density at radius 1 is 1.57 bits per heavy atom. The van der Waals surface area contributed by atoms with Gasteiger partial charge in [-0.25, -0.2) is 0 Å². The highest BCUT2D eigenvalue weighted by Crippen LogP contribution is 2.20. The van der Waals surface area contributed by atoms with Crippen LogP contribution in [-0.2, 0) is 16.1 Å². The van der Waals surface area contributed by atoms with Gasteiger partial charge in [0.15, 0.2) is 0 Å². The van der Waals surface area contributed by atoms with E-state index in [0.29, 0.717) is 5.56 Å². The maximum Gasteiger partial charge on any atom is 0.293 e. The molecule has 5 nitrogen and oxygen atoms in total. The fourth-order valence-corrected chi connectivity index (χ4v) is 1.13. The molecule has 0 aliphatic carbocycles. The number of nitro benzene ring substituents is 1. The molecular weight excluding hydrogens is 186 g/mol. The van der Waals surface area contributed by atoms with Crippen LogP contribution in [0.1, 0.15) is 11.1 Å². The van der Waals surface area contributed by atoms with Crippen LogP contribution in [-0.4, -0.2) is 11.4 Å². The number of benzene rings is 1. The highest BCUT2D eigenvalue weighted by atomic mass is 16.6. The summed E-state index contributed by atoms with van der Waals surface area (Å²) in [5, 5.41) is 10.6. The van der Waals surface area contributed by atoms with Gasteiger partial charge in [-0.15, -0.1) is 0 Å². The molecule has 0 N–H and O–H groups in total. The van der Waals surface area contributed by atoms with E-state index < -0.39 is 4.92 Å². The number of aryl methyl sites for hydroxylation is 1. The van der Waals surface area contributed by atoms with Gasteiger partial charge in [-0.2, -0.15) is 0 Å². The lowest BCUT2D eigenvalue weighted by atomic mass is 10.1. The Morgan fingerprint density at radius 3 is 2.86 bits per heavy atom. The number of hydrogen-bond acceptors (Lipinski definition) is 4. The molecule has 0 saturated heterocycles. The van der Waals surface area contributed by atoms with E-state index in [-0.39, 0.29) is 18.8 Å². The zero-order chi connectivity index (χ0) is 10.6. The molecule has 0 bridgehead atoms. The molecule has 0 aliphatic heterocycles. The Labute approximate surface area is 80.5 Å². The van der Waals surface area contributed by atoms with Crippen molar-refractivity contribution in [2.24, 2.45) is 0 Å². The Kier molecular flexibility index (Phi) is 3.17. The predicted molar refractivity (Wildman–Crippen MR) is 48.7 cm³/mol. The molecule has 1 aromatic rings. The summed E-state index contributed by atoms with van der Waals surface area (Å²) in [4.78, 5) is 20.0. The lowest BCUT2D eigenvalue weighted by Gasteiger charge is -2.02. The largest absolute Gasteiger partial charge is 0.463 e. The van der Waals surface area contributed by atoms with Crippen molar-refractivity contribution in [3.05, 3.63) is 39.4 Å². The lowest BCUT2D eigenvalue weighted by molar-refractivity contribution is -0.385. The quantitative estimate of drug-likeness (QED) is 0.415. The first-order valence-corrected chi connectivity index (χ1v) is 3.94. The van der Waals surface area contributed by atoms with Crippen molar-refractivity contribution in [2.75, 3.05) is 0 Å². The van der Waals surface area contributed by atoms with E-state index in [1.165, 1.54) is 6.07 Å². The van der Waals surface area contributed by atoms with Crippen molar-refractivity contribution in [2.45, 2.75) is 13.5 Å². The van der Waals surface area contributed by atoms with Crippen molar-refractivity contribution < 1.29 is 14.5 Å². The molecule has 5 heteroatoms. The van der Waals surface area contributed by atoms with E-state index in [4.69, 9.17) is 0 Å². The number of nitrogens with zero attached hydrogens (tertiary/aromatic N) is 1. The minimum Gasteiger partial charge on any atom is -0.463 e. The van der Waals surface area contributed by atoms with Crippen LogP contribution in [0.2, 0.25) is 0 Å². The molecule has 0 unspecified atom stereocenters. The van der Waals surface area contributed by atoms with Crippen molar-refractivity contribution >= 4 is 12.2 Å². The second kappa shape index (κ2) is 4.36. The maximum atomic E-state index is 10.6. The first-order chi connectivity index (χ1) is 6.65. The summed E-state index contributed by atoms with van der Waals surface area (Å²) in [6, 6.07) is 4.67. The van der Waals surface area contributed by atoms with E-state index >= 15 is 0 Å². The number of carbonyl (C=O) groups excluding carboxylic acids is 1. The third kappa shape index (κ3) is 2.29. The zero-order valence-corrected chi connectivity index (χ0v) is 7.60. The monoisotopic (exact) mass is 195 g/mol. The molecule has 0 aliphatic rings. The van der Waals surface area contributed by atoms with Crippen LogP contribution in [0, 0.1) is 17.0 Å². The summed E-state index contributed by atoms with van der Waals surface area (Å²) in [5.41, 5.74) is 1.26. The highest BCUT2D eigenvalue weighted by molar-refractivity contribution is 5.44. The van der Waals surface area contributed by atoms with Gasteiger partial charge in [-0.05, 0) is 13.0 Å². The van der Waals surface area contributed by atoms with Gasteiger partial charge >= 0.3 is 0 Å². The van der Waals surface area contributed by atoms with Crippen molar-refractivity contribution in [1.82, 2.24) is 0 Å². The van der Waals surface area contributed by atoms with Crippen molar-refractivity contribution in [1.29, 1.82) is 0 Å². The van der Waals surface area contributed by atoms with Gasteiger partial charge < -0.3 is 4.74 Å². The third-order valence-corrected chi connectivity index (χ3v) is 1.74. The second-order valence-corrected chi connectivity index (χ2v) is 2.80. The van der Waals surface area contributed by atoms with Crippen LogP contribution in [0.3, 0.4) is 0 Å². The summed E-state index contributed by atoms with van der Waals surface area (Å²) in [6.45, 7) is 2.02. The molecule has 0 radical (unpaired) electrons. The molecule has 14 heavy (non-hydrogen) atoms. The van der Waals surface area contributed by atoms with Gasteiger partial charge in [0.25, 0.3) is 12.2 Å². The van der Waals surface area contributed by atoms with Crippen molar-refractivity contribution in [3.8, 4) is 0 Å². The fourth-order valence-electron chi connectivity index (χ4n) is 1.13. The topological polar surface area (TPSA) is 69.4 Å². The molecule has 0 atom stereocenters. The minimum absolute atomic E-state index is 0.0301. The molecule has 0 heterocycles. The third-order valence-electron chi connectivity index (χ3n) is 1.74. The van der Waals surface area contributed by atoms with Gasteiger partial charge in [-0.3, -0.25) is 14.9 Å². The van der Waals surface area contributed by atoms with Crippen LogP contribution in [0.5, 0.6) is 0 Å². The zero-order valence-electron chi connectivity index (χ0n) is 7.60. The van der Waals surface area contributed by atoms with Gasteiger partial charge in [0.1, 0.15) is 6.61 Å². The van der Waals surface area contributed by atoms with Crippen LogP contribution < -0.4 is 0 Å². The SMILES string of the molecule is Cc1ccc([N+](=O)[O-])c(COC=O)c1. The van der Waals surface area contributed by atoms with E-state index in [1.54, 1.807) is 12.1 Å². The summed E-state index contributed by atoms with van der Waals surface area (Å²) in [5.74, 6) is 0. The Morgan fingerprint density at radius 2 is 2.29 bits per heavy atom. The second-order valence-electron chi connectivity index (χ2n) is 2.80. The van der Waals surface area contributed by atoms with Crippen molar-refractivity contribution in [3.63, 3.8) is 0 Å². The van der Waals surface area contributed by atoms with Crippen LogP contribution in [0.25, 0.3) is 0 Å². The maximum absolute atomic E-state index is 10.6. The van der Waals surface area contributed by atoms with Crippen LogP contribution in [0.15, 0.2) is 18.2 Å². The van der Waals surface area contributed by atoms with Crippen LogP contribution in [0.4, 0.5) is 5.69 Å². The van der Waals surface area contributed by atoms with E-state index in [0.717, 1.165) is 5.56 Å². The number of nitro groups is 1. The number of carbonyl (C=O) groups is 1. The average molecular weight is 195 g/mol. The van der Waals surface area contributed by atoms with Crippen LogP contribution >= 0.6 is 0 Å². The van der Waals surface area contributed by atoms with Gasteiger partial charge in [0.05, 0.1) is 10.5 Å². The lowest BCUT2D eigenvalue weighted by Crippen LogP contribution is -1.98. The fraction of sp³-hybridized carbons (Fsp3) is 0.222. The average Bonchev–Trinajstić information content (AvgIpc) is 2.14. The standard InChI is InChI=1S/C9H9NO4/c1-7-2-3-9(10(12)13)8(4-7)5-14-6-11/h2-4,6H,5H2,1H3. The summed E-state index contributed by atoms with van der Waals surface area (Å²) >= 11 is 0. The molecule has 0 aromatic heterocycles. The highest BCUT2D eigenvalue weighted by Gasteiger charge is 2.13. The predicted octanol–water partition coefficient (Wildman–Crippen LogP) is 1.58. The molecule has 0 amide bonds. The summed E-state index contributed by atoms with van der Waals surface area (Å²) < 4.78 is 4.48. The number of rotatable bonds is 4. The molecule has 74 valence electrons. The first-order valence-electron chi connectivity index (χ1n) is 3.94. The molecule has 1 aromatic carbocycles. The Balaban J connectivity index is 3.02. The Hall–Kier alpha value is -1.91. The normalized spacial score (nSPS) is 9.50. The van der Waals surface area contributed by atoms with E-state index in [9.17, 15) is 14.9 Å². The number of hydrogen-bond donors (Lipinski definition) is 0. The summed E-state index contributed by atoms with van der Waals surface area (Å²) in [6.07, 6.45) is 0. The van der Waals surface area contributed by atoms with E-state index in [1.807, 2.05) is 6.92 Å².